The van der Waals surface area contributed by atoms with Gasteiger partial charge in [0.1, 0.15) is 4.83 Å². The van der Waals surface area contributed by atoms with Gasteiger partial charge in [0.05, 0.1) is 17.3 Å². The highest BCUT2D eigenvalue weighted by Gasteiger charge is 2.32. The van der Waals surface area contributed by atoms with Crippen LogP contribution in [0.5, 0.6) is 0 Å². The molecule has 0 radical (unpaired) electrons. The minimum Gasteiger partial charge on any atom is -0.268 e. The van der Waals surface area contributed by atoms with E-state index in [1.807, 2.05) is 60.7 Å². The number of fused-ring (bicyclic) bond motifs is 3. The van der Waals surface area contributed by atoms with Crippen LogP contribution >= 0.6 is 11.3 Å². The molecule has 2 aromatic carbocycles. The number of hydrogen-bond donors (Lipinski definition) is 1. The molecule has 6 heteroatoms. The molecule has 0 fully saturated rings. The minimum atomic E-state index is -0.0321. The molecule has 0 spiro atoms. The van der Waals surface area contributed by atoms with Crippen molar-refractivity contribution in [3.8, 4) is 5.69 Å². The maximum atomic E-state index is 13.8. The van der Waals surface area contributed by atoms with Crippen molar-refractivity contribution in [3.63, 3.8) is 0 Å². The predicted octanol–water partition coefficient (Wildman–Crippen LogP) is 6.04. The van der Waals surface area contributed by atoms with E-state index in [9.17, 15) is 4.79 Å². The van der Waals surface area contributed by atoms with Gasteiger partial charge in [-0.25, -0.2) is 15.0 Å². The maximum absolute atomic E-state index is 13.8. The molecule has 0 bridgehead atoms. The van der Waals surface area contributed by atoms with Crippen molar-refractivity contribution in [1.82, 2.24) is 9.55 Å². The van der Waals surface area contributed by atoms with Crippen molar-refractivity contribution in [2.24, 2.45) is 16.4 Å². The van der Waals surface area contributed by atoms with Crippen LogP contribution in [0.25, 0.3) is 15.9 Å². The predicted molar refractivity (Wildman–Crippen MR) is 138 cm³/mol. The molecule has 0 unspecified atom stereocenters. The number of rotatable bonds is 4. The number of benzene rings is 2. The summed E-state index contributed by atoms with van der Waals surface area (Å²) in [5.41, 5.74) is 6.20. The molecule has 1 aliphatic rings. The van der Waals surface area contributed by atoms with Gasteiger partial charge in [0, 0.05) is 4.88 Å². The highest BCUT2D eigenvalue weighted by Crippen LogP contribution is 2.42. The molecule has 0 saturated carbocycles. The maximum Gasteiger partial charge on any atom is 0.268 e. The van der Waals surface area contributed by atoms with Gasteiger partial charge in [-0.2, -0.15) is 5.10 Å². The first kappa shape index (κ1) is 21.6. The number of anilines is 1. The lowest BCUT2D eigenvalue weighted by Gasteiger charge is -2.33. The summed E-state index contributed by atoms with van der Waals surface area (Å²) in [6.07, 6.45) is 4.79. The minimum absolute atomic E-state index is 0.0321. The summed E-state index contributed by atoms with van der Waals surface area (Å²) in [6, 6.07) is 19.5. The molecule has 1 atom stereocenters. The van der Waals surface area contributed by atoms with E-state index < -0.39 is 0 Å². The van der Waals surface area contributed by atoms with Crippen LogP contribution < -0.4 is 11.0 Å². The van der Waals surface area contributed by atoms with Gasteiger partial charge in [0.25, 0.3) is 5.56 Å². The molecule has 1 N–H and O–H groups in total. The average Bonchev–Trinajstić information content (AvgIpc) is 3.18. The van der Waals surface area contributed by atoms with E-state index in [0.717, 1.165) is 40.7 Å². The van der Waals surface area contributed by atoms with Gasteiger partial charge < -0.3 is 0 Å². The largest absolute Gasteiger partial charge is 0.268 e. The van der Waals surface area contributed by atoms with Crippen LogP contribution in [0.1, 0.15) is 43.2 Å². The quantitative estimate of drug-likeness (QED) is 0.301. The Morgan fingerprint density at radius 2 is 1.79 bits per heavy atom. The van der Waals surface area contributed by atoms with Gasteiger partial charge >= 0.3 is 0 Å². The number of aromatic nitrogens is 2. The van der Waals surface area contributed by atoms with Crippen LogP contribution in [-0.2, 0) is 12.8 Å². The van der Waals surface area contributed by atoms with Crippen molar-refractivity contribution in [3.05, 3.63) is 87.0 Å². The van der Waals surface area contributed by atoms with E-state index in [-0.39, 0.29) is 11.0 Å². The lowest BCUT2D eigenvalue weighted by molar-refractivity contribution is 0.218. The molecule has 2 aromatic heterocycles. The normalized spacial score (nSPS) is 16.3. The molecule has 2 heterocycles. The summed E-state index contributed by atoms with van der Waals surface area (Å²) < 4.78 is 1.65. The Hall–Kier alpha value is -3.25. The second-order valence-corrected chi connectivity index (χ2v) is 10.8. The highest BCUT2D eigenvalue weighted by molar-refractivity contribution is 7.18. The number of nitrogens with zero attached hydrogens (tertiary/aromatic N) is 3. The van der Waals surface area contributed by atoms with Gasteiger partial charge in [-0.05, 0) is 53.9 Å². The Labute approximate surface area is 197 Å². The number of para-hydroxylation sites is 1. The Balaban J connectivity index is 1.62. The molecule has 33 heavy (non-hydrogen) atoms. The second-order valence-electron chi connectivity index (χ2n) is 9.68. The molecule has 5 rings (SSSR count). The van der Waals surface area contributed by atoms with Crippen molar-refractivity contribution in [2.75, 3.05) is 5.43 Å². The number of aryl methyl sites for hydroxylation is 1. The molecular weight excluding hydrogens is 428 g/mol. The first-order valence-electron chi connectivity index (χ1n) is 11.4. The zero-order valence-electron chi connectivity index (χ0n) is 19.2. The standard InChI is InChI=1S/C27H28N4OS/c1-27(2,3)19-14-15-21-22(16-19)33-24-23(21)25(32)31(20-12-8-5-9-13-20)26(29-24)30-28-17-18-10-6-4-7-11-18/h4-13,17,19H,14-16H2,1-3H3,(H,29,30)/b28-17-/t19-/m1/s1. The van der Waals surface area contributed by atoms with Crippen molar-refractivity contribution < 1.29 is 0 Å². The van der Waals surface area contributed by atoms with Crippen molar-refractivity contribution in [1.29, 1.82) is 0 Å². The number of hydrazone groups is 1. The van der Waals surface area contributed by atoms with Crippen molar-refractivity contribution >= 4 is 33.7 Å². The number of hydrogen-bond acceptors (Lipinski definition) is 5. The third-order valence-corrected chi connectivity index (χ3v) is 7.65. The van der Waals surface area contributed by atoms with Crippen LogP contribution in [0.3, 0.4) is 0 Å². The lowest BCUT2D eigenvalue weighted by Crippen LogP contribution is -2.27. The fraction of sp³-hybridized carbons (Fsp3) is 0.296. The molecular formula is C27H28N4OS. The van der Waals surface area contributed by atoms with Gasteiger partial charge in [-0.15, -0.1) is 11.3 Å². The van der Waals surface area contributed by atoms with Gasteiger partial charge in [-0.3, -0.25) is 4.79 Å². The summed E-state index contributed by atoms with van der Waals surface area (Å²) in [5.74, 6) is 1.04. The Kier molecular flexibility index (Phi) is 5.62. The van der Waals surface area contributed by atoms with Crippen LogP contribution in [0.15, 0.2) is 70.6 Å². The molecule has 168 valence electrons. The summed E-state index contributed by atoms with van der Waals surface area (Å²) in [6.45, 7) is 6.93. The zero-order valence-corrected chi connectivity index (χ0v) is 20.0. The molecule has 0 saturated heterocycles. The third kappa shape index (κ3) is 4.23. The van der Waals surface area contributed by atoms with Gasteiger partial charge in [0.15, 0.2) is 0 Å². The first-order chi connectivity index (χ1) is 15.9. The lowest BCUT2D eigenvalue weighted by atomic mass is 9.72. The van der Waals surface area contributed by atoms with Crippen LogP contribution in [0, 0.1) is 11.3 Å². The summed E-state index contributed by atoms with van der Waals surface area (Å²) in [5, 5.41) is 5.15. The number of thiophene rings is 1. The van der Waals surface area contributed by atoms with E-state index in [1.54, 1.807) is 22.1 Å². The number of nitrogens with one attached hydrogen (secondary N) is 1. The highest BCUT2D eigenvalue weighted by atomic mass is 32.1. The molecule has 1 aliphatic carbocycles. The summed E-state index contributed by atoms with van der Waals surface area (Å²) in [4.78, 5) is 20.8. The average molecular weight is 457 g/mol. The van der Waals surface area contributed by atoms with E-state index in [2.05, 4.69) is 31.3 Å². The topological polar surface area (TPSA) is 59.3 Å². The van der Waals surface area contributed by atoms with Crippen LogP contribution in [-0.4, -0.2) is 15.8 Å². The van der Waals surface area contributed by atoms with E-state index in [4.69, 9.17) is 4.98 Å². The first-order valence-corrected chi connectivity index (χ1v) is 12.2. The fourth-order valence-electron chi connectivity index (χ4n) is 4.56. The summed E-state index contributed by atoms with van der Waals surface area (Å²) >= 11 is 1.67. The van der Waals surface area contributed by atoms with Crippen LogP contribution in [0.2, 0.25) is 0 Å². The van der Waals surface area contributed by atoms with Crippen LogP contribution in [0.4, 0.5) is 5.95 Å². The smallest absolute Gasteiger partial charge is 0.268 e. The van der Waals surface area contributed by atoms with E-state index in [0.29, 0.717) is 11.9 Å². The van der Waals surface area contributed by atoms with Gasteiger partial charge in [0.2, 0.25) is 5.95 Å². The fourth-order valence-corrected chi connectivity index (χ4v) is 5.85. The second kappa shape index (κ2) is 8.60. The Bertz CT molecular complexity index is 1360. The molecule has 0 aliphatic heterocycles. The summed E-state index contributed by atoms with van der Waals surface area (Å²) in [7, 11) is 0. The van der Waals surface area contributed by atoms with E-state index >= 15 is 0 Å². The Morgan fingerprint density at radius 3 is 2.48 bits per heavy atom. The third-order valence-electron chi connectivity index (χ3n) is 6.50. The van der Waals surface area contributed by atoms with Crippen molar-refractivity contribution in [2.45, 2.75) is 40.0 Å². The van der Waals surface area contributed by atoms with Gasteiger partial charge in [-0.1, -0.05) is 69.3 Å². The Morgan fingerprint density at radius 1 is 1.09 bits per heavy atom. The molecule has 0 amide bonds. The molecule has 4 aromatic rings. The monoisotopic (exact) mass is 456 g/mol. The SMILES string of the molecule is CC(C)(C)[C@@H]1CCc2c(sc3nc(N/N=C\c4ccccc4)n(-c4ccccc4)c(=O)c23)C1. The van der Waals surface area contributed by atoms with E-state index in [1.165, 1.54) is 10.4 Å². The zero-order chi connectivity index (χ0) is 23.0. The molecule has 5 nitrogen and oxygen atoms in total.